The topological polar surface area (TPSA) is 35.8 Å². The van der Waals surface area contributed by atoms with Crippen LogP contribution >= 0.6 is 0 Å². The summed E-state index contributed by atoms with van der Waals surface area (Å²) in [6.45, 7) is 6.81. The van der Waals surface area contributed by atoms with E-state index in [-0.39, 0.29) is 11.2 Å². The molecule has 0 aliphatic rings. The Bertz CT molecular complexity index is 398. The van der Waals surface area contributed by atoms with Gasteiger partial charge in [0.2, 0.25) is 0 Å². The number of nitrogens with zero attached hydrogens (tertiary/aromatic N) is 1. The van der Waals surface area contributed by atoms with Crippen molar-refractivity contribution in [2.45, 2.75) is 33.6 Å². The maximum absolute atomic E-state index is 13.2. The second-order valence-electron chi connectivity index (χ2n) is 5.19. The van der Waals surface area contributed by atoms with Gasteiger partial charge in [-0.1, -0.05) is 13.8 Å². The summed E-state index contributed by atoms with van der Waals surface area (Å²) in [6, 6.07) is 7.07. The summed E-state index contributed by atoms with van der Waals surface area (Å²) in [5, 5.41) is 11.8. The van der Waals surface area contributed by atoms with E-state index in [4.69, 9.17) is 5.26 Å². The van der Waals surface area contributed by atoms with Crippen LogP contribution in [-0.4, -0.2) is 6.54 Å². The Morgan fingerprint density at radius 1 is 1.35 bits per heavy atom. The van der Waals surface area contributed by atoms with E-state index < -0.39 is 0 Å². The highest BCUT2D eigenvalue weighted by Crippen LogP contribution is 2.23. The molecule has 1 aromatic carbocycles. The molecule has 0 spiro atoms. The Kier molecular flexibility index (Phi) is 4.51. The van der Waals surface area contributed by atoms with Crippen molar-refractivity contribution in [1.29, 1.82) is 5.26 Å². The van der Waals surface area contributed by atoms with E-state index in [2.05, 4.69) is 25.2 Å². The number of benzene rings is 1. The average molecular weight is 234 g/mol. The smallest absolute Gasteiger partial charge is 0.125 e. The number of nitriles is 1. The van der Waals surface area contributed by atoms with Gasteiger partial charge < -0.3 is 5.32 Å². The first-order valence-electron chi connectivity index (χ1n) is 5.81. The van der Waals surface area contributed by atoms with E-state index in [0.717, 1.165) is 24.2 Å². The zero-order valence-electron chi connectivity index (χ0n) is 10.7. The molecule has 0 fully saturated rings. The first-order chi connectivity index (χ1) is 7.93. The predicted octanol–water partition coefficient (Wildman–Crippen LogP) is 3.88. The molecule has 0 aliphatic heterocycles. The lowest BCUT2D eigenvalue weighted by Crippen LogP contribution is -2.23. The first-order valence-corrected chi connectivity index (χ1v) is 5.81. The van der Waals surface area contributed by atoms with Crippen LogP contribution in [0.1, 0.15) is 32.3 Å². The van der Waals surface area contributed by atoms with E-state index in [9.17, 15) is 4.39 Å². The number of halogens is 1. The summed E-state index contributed by atoms with van der Waals surface area (Å²) < 4.78 is 13.2. The second kappa shape index (κ2) is 5.67. The number of rotatable bonds is 5. The molecule has 1 aromatic rings. The van der Waals surface area contributed by atoms with Crippen LogP contribution in [0.25, 0.3) is 0 Å². The SMILES string of the molecule is Cc1cc(F)cc(NCC(C)(C)CCC#N)c1. The zero-order chi connectivity index (χ0) is 12.9. The van der Waals surface area contributed by atoms with Gasteiger partial charge in [0.25, 0.3) is 0 Å². The van der Waals surface area contributed by atoms with Crippen LogP contribution in [0.15, 0.2) is 18.2 Å². The summed E-state index contributed by atoms with van der Waals surface area (Å²) in [4.78, 5) is 0. The minimum atomic E-state index is -0.220. The summed E-state index contributed by atoms with van der Waals surface area (Å²) in [6.07, 6.45) is 1.39. The van der Waals surface area contributed by atoms with Gasteiger partial charge in [0.1, 0.15) is 5.82 Å². The minimum absolute atomic E-state index is 0.0377. The summed E-state index contributed by atoms with van der Waals surface area (Å²) in [5.41, 5.74) is 1.74. The molecule has 0 heterocycles. The Morgan fingerprint density at radius 2 is 2.06 bits per heavy atom. The van der Waals surface area contributed by atoms with E-state index in [1.54, 1.807) is 0 Å². The van der Waals surface area contributed by atoms with E-state index in [0.29, 0.717) is 6.42 Å². The molecule has 92 valence electrons. The average Bonchev–Trinajstić information content (AvgIpc) is 2.23. The molecule has 0 aromatic heterocycles. The molecular weight excluding hydrogens is 215 g/mol. The minimum Gasteiger partial charge on any atom is -0.384 e. The van der Waals surface area contributed by atoms with Gasteiger partial charge in [-0.2, -0.15) is 5.26 Å². The molecule has 0 bridgehead atoms. The molecular formula is C14H19FN2. The van der Waals surface area contributed by atoms with Crippen molar-refractivity contribution in [3.05, 3.63) is 29.6 Å². The lowest BCUT2D eigenvalue weighted by molar-refractivity contribution is 0.363. The van der Waals surface area contributed by atoms with Crippen LogP contribution in [0.3, 0.4) is 0 Å². The highest BCUT2D eigenvalue weighted by molar-refractivity contribution is 5.46. The highest BCUT2D eigenvalue weighted by atomic mass is 19.1. The van der Waals surface area contributed by atoms with Crippen molar-refractivity contribution in [2.75, 3.05) is 11.9 Å². The standard InChI is InChI=1S/C14H19FN2/c1-11-7-12(15)9-13(8-11)17-10-14(2,3)5-4-6-16/h7-9,17H,4-5,10H2,1-3H3. The van der Waals surface area contributed by atoms with Crippen molar-refractivity contribution in [3.8, 4) is 6.07 Å². The molecule has 0 radical (unpaired) electrons. The number of hydrogen-bond donors (Lipinski definition) is 1. The Labute approximate surface area is 102 Å². The largest absolute Gasteiger partial charge is 0.384 e. The van der Waals surface area contributed by atoms with Crippen LogP contribution in [0.2, 0.25) is 0 Å². The Morgan fingerprint density at radius 3 is 2.65 bits per heavy atom. The van der Waals surface area contributed by atoms with Crippen molar-refractivity contribution < 1.29 is 4.39 Å². The van der Waals surface area contributed by atoms with E-state index in [1.165, 1.54) is 12.1 Å². The quantitative estimate of drug-likeness (QED) is 0.839. The van der Waals surface area contributed by atoms with E-state index >= 15 is 0 Å². The third-order valence-corrected chi connectivity index (χ3v) is 2.73. The van der Waals surface area contributed by atoms with Crippen LogP contribution in [0.4, 0.5) is 10.1 Å². The molecule has 3 heteroatoms. The lowest BCUT2D eigenvalue weighted by Gasteiger charge is -2.24. The lowest BCUT2D eigenvalue weighted by atomic mass is 9.88. The molecule has 0 atom stereocenters. The third-order valence-electron chi connectivity index (χ3n) is 2.73. The summed E-state index contributed by atoms with van der Waals surface area (Å²) in [7, 11) is 0. The first kappa shape index (κ1) is 13.5. The highest BCUT2D eigenvalue weighted by Gasteiger charge is 2.17. The van der Waals surface area contributed by atoms with Gasteiger partial charge in [-0.05, 0) is 42.5 Å². The van der Waals surface area contributed by atoms with Crippen molar-refractivity contribution in [2.24, 2.45) is 5.41 Å². The summed E-state index contributed by atoms with van der Waals surface area (Å²) >= 11 is 0. The molecule has 0 unspecified atom stereocenters. The summed E-state index contributed by atoms with van der Waals surface area (Å²) in [5.74, 6) is -0.220. The van der Waals surface area contributed by atoms with Crippen molar-refractivity contribution in [3.63, 3.8) is 0 Å². The molecule has 0 saturated carbocycles. The van der Waals surface area contributed by atoms with Gasteiger partial charge in [-0.25, -0.2) is 4.39 Å². The number of anilines is 1. The third kappa shape index (κ3) is 4.86. The molecule has 2 nitrogen and oxygen atoms in total. The fourth-order valence-electron chi connectivity index (χ4n) is 1.66. The number of aryl methyl sites for hydroxylation is 1. The van der Waals surface area contributed by atoms with Crippen LogP contribution in [0, 0.1) is 29.5 Å². The second-order valence-corrected chi connectivity index (χ2v) is 5.19. The van der Waals surface area contributed by atoms with Crippen LogP contribution in [0.5, 0.6) is 0 Å². The molecule has 0 amide bonds. The van der Waals surface area contributed by atoms with Gasteiger partial charge >= 0.3 is 0 Å². The fraction of sp³-hybridized carbons (Fsp3) is 0.500. The maximum atomic E-state index is 13.2. The van der Waals surface area contributed by atoms with Crippen molar-refractivity contribution >= 4 is 5.69 Å². The van der Waals surface area contributed by atoms with Gasteiger partial charge in [-0.3, -0.25) is 0 Å². The number of hydrogen-bond acceptors (Lipinski definition) is 2. The predicted molar refractivity (Wildman–Crippen MR) is 68.3 cm³/mol. The van der Waals surface area contributed by atoms with Gasteiger partial charge in [0, 0.05) is 18.7 Å². The molecule has 1 N–H and O–H groups in total. The fourth-order valence-corrected chi connectivity index (χ4v) is 1.66. The zero-order valence-corrected chi connectivity index (χ0v) is 10.7. The van der Waals surface area contributed by atoms with E-state index in [1.807, 2.05) is 13.0 Å². The van der Waals surface area contributed by atoms with Gasteiger partial charge in [0.15, 0.2) is 0 Å². The van der Waals surface area contributed by atoms with Crippen molar-refractivity contribution in [1.82, 2.24) is 0 Å². The molecule has 1 rings (SSSR count). The van der Waals surface area contributed by atoms with Gasteiger partial charge in [0.05, 0.1) is 6.07 Å². The maximum Gasteiger partial charge on any atom is 0.125 e. The van der Waals surface area contributed by atoms with Gasteiger partial charge in [-0.15, -0.1) is 0 Å². The van der Waals surface area contributed by atoms with Crippen LogP contribution in [-0.2, 0) is 0 Å². The Balaban J connectivity index is 2.58. The molecule has 0 aliphatic carbocycles. The monoisotopic (exact) mass is 234 g/mol. The van der Waals surface area contributed by atoms with Crippen LogP contribution < -0.4 is 5.32 Å². The number of nitrogens with one attached hydrogen (secondary N) is 1. The Hall–Kier alpha value is -1.56. The normalized spacial score (nSPS) is 11.0. The molecule has 0 saturated heterocycles. The molecule has 17 heavy (non-hydrogen) atoms.